The highest BCUT2D eigenvalue weighted by atomic mass is 32.2. The third-order valence-corrected chi connectivity index (χ3v) is 3.21. The molecule has 0 fully saturated rings. The van der Waals surface area contributed by atoms with Gasteiger partial charge in [0.15, 0.2) is 0 Å². The van der Waals surface area contributed by atoms with E-state index in [1.807, 2.05) is 19.9 Å². The zero-order valence-corrected chi connectivity index (χ0v) is 8.32. The average Bonchev–Trinajstić information content (AvgIpc) is 2.06. The number of esters is 1. The van der Waals surface area contributed by atoms with Crippen LogP contribution < -0.4 is 0 Å². The van der Waals surface area contributed by atoms with E-state index in [1.165, 1.54) is 0 Å². The molecule has 0 aliphatic carbocycles. The predicted molar refractivity (Wildman–Crippen MR) is 51.3 cm³/mol. The van der Waals surface area contributed by atoms with E-state index >= 15 is 0 Å². The Hall–Kier alpha value is -0.440. The lowest BCUT2D eigenvalue weighted by atomic mass is 10.1. The lowest BCUT2D eigenvalue weighted by Crippen LogP contribution is -2.34. The Labute approximate surface area is 77.4 Å². The molecule has 3 heteroatoms. The molecule has 0 bridgehead atoms. The standard InChI is InChI=1S/C9H14O2S/c1-3-11-8(10)9(2)6-4-5-7-12-9/h4-5H,3,6-7H2,1-2H3. The van der Waals surface area contributed by atoms with Gasteiger partial charge in [0.1, 0.15) is 4.75 Å². The summed E-state index contributed by atoms with van der Waals surface area (Å²) in [5, 5.41) is 0. The van der Waals surface area contributed by atoms with Crippen molar-refractivity contribution in [3.05, 3.63) is 12.2 Å². The van der Waals surface area contributed by atoms with Crippen molar-refractivity contribution < 1.29 is 9.53 Å². The molecule has 1 unspecified atom stereocenters. The van der Waals surface area contributed by atoms with Gasteiger partial charge in [0, 0.05) is 5.75 Å². The van der Waals surface area contributed by atoms with Crippen LogP contribution in [0, 0.1) is 0 Å². The van der Waals surface area contributed by atoms with Crippen LogP contribution in [0.5, 0.6) is 0 Å². The van der Waals surface area contributed by atoms with Crippen LogP contribution in [0.2, 0.25) is 0 Å². The molecule has 0 spiro atoms. The van der Waals surface area contributed by atoms with Crippen LogP contribution in [-0.2, 0) is 9.53 Å². The molecular formula is C9H14O2S. The van der Waals surface area contributed by atoms with Crippen LogP contribution in [0.15, 0.2) is 12.2 Å². The monoisotopic (exact) mass is 186 g/mol. The lowest BCUT2D eigenvalue weighted by Gasteiger charge is -2.27. The van der Waals surface area contributed by atoms with Crippen LogP contribution in [0.25, 0.3) is 0 Å². The van der Waals surface area contributed by atoms with Crippen LogP contribution in [0.4, 0.5) is 0 Å². The summed E-state index contributed by atoms with van der Waals surface area (Å²) < 4.78 is 4.65. The Morgan fingerprint density at radius 3 is 2.92 bits per heavy atom. The molecule has 1 aliphatic heterocycles. The van der Waals surface area contributed by atoms with Crippen molar-refractivity contribution in [2.45, 2.75) is 25.0 Å². The first-order valence-electron chi connectivity index (χ1n) is 4.15. The Morgan fingerprint density at radius 2 is 2.42 bits per heavy atom. The number of carbonyl (C=O) groups is 1. The molecule has 0 N–H and O–H groups in total. The van der Waals surface area contributed by atoms with Gasteiger partial charge in [-0.3, -0.25) is 4.79 Å². The van der Waals surface area contributed by atoms with Crippen molar-refractivity contribution in [2.24, 2.45) is 0 Å². The largest absolute Gasteiger partial charge is 0.465 e. The number of hydrogen-bond acceptors (Lipinski definition) is 3. The van der Waals surface area contributed by atoms with Crippen molar-refractivity contribution in [3.63, 3.8) is 0 Å². The van der Waals surface area contributed by atoms with E-state index in [4.69, 9.17) is 4.74 Å². The summed E-state index contributed by atoms with van der Waals surface area (Å²) >= 11 is 1.65. The maximum atomic E-state index is 11.4. The topological polar surface area (TPSA) is 26.3 Å². The first kappa shape index (κ1) is 9.65. The molecule has 68 valence electrons. The van der Waals surface area contributed by atoms with E-state index in [2.05, 4.69) is 6.08 Å². The van der Waals surface area contributed by atoms with Crippen LogP contribution in [0.1, 0.15) is 20.3 Å². The maximum absolute atomic E-state index is 11.4. The van der Waals surface area contributed by atoms with Gasteiger partial charge in [-0.25, -0.2) is 0 Å². The molecule has 0 aromatic rings. The molecule has 2 nitrogen and oxygen atoms in total. The number of rotatable bonds is 2. The van der Waals surface area contributed by atoms with E-state index in [0.29, 0.717) is 6.61 Å². The van der Waals surface area contributed by atoms with E-state index in [9.17, 15) is 4.79 Å². The zero-order chi connectivity index (χ0) is 9.03. The van der Waals surface area contributed by atoms with Crippen LogP contribution in [-0.4, -0.2) is 23.1 Å². The Kier molecular flexibility index (Phi) is 3.20. The highest BCUT2D eigenvalue weighted by molar-refractivity contribution is 8.01. The Balaban J connectivity index is 2.58. The minimum Gasteiger partial charge on any atom is -0.465 e. The summed E-state index contributed by atoms with van der Waals surface area (Å²) in [6, 6.07) is 0. The van der Waals surface area contributed by atoms with Gasteiger partial charge in [-0.2, -0.15) is 0 Å². The number of thioether (sulfide) groups is 1. The molecule has 0 aromatic heterocycles. The van der Waals surface area contributed by atoms with Gasteiger partial charge in [-0.05, 0) is 20.3 Å². The maximum Gasteiger partial charge on any atom is 0.322 e. The molecule has 1 atom stereocenters. The second kappa shape index (κ2) is 3.99. The quantitative estimate of drug-likeness (QED) is 0.487. The molecule has 0 saturated heterocycles. The van der Waals surface area contributed by atoms with Crippen molar-refractivity contribution in [2.75, 3.05) is 12.4 Å². The van der Waals surface area contributed by atoms with Crippen molar-refractivity contribution >= 4 is 17.7 Å². The predicted octanol–water partition coefficient (Wildman–Crippen LogP) is 2.00. The zero-order valence-electron chi connectivity index (χ0n) is 7.50. The summed E-state index contributed by atoms with van der Waals surface area (Å²) in [6.07, 6.45) is 4.93. The minimum atomic E-state index is -0.342. The summed E-state index contributed by atoms with van der Waals surface area (Å²) in [6.45, 7) is 4.25. The third kappa shape index (κ3) is 2.03. The fourth-order valence-corrected chi connectivity index (χ4v) is 2.08. The van der Waals surface area contributed by atoms with E-state index in [1.54, 1.807) is 11.8 Å². The van der Waals surface area contributed by atoms with Gasteiger partial charge < -0.3 is 4.74 Å². The Morgan fingerprint density at radius 1 is 1.67 bits per heavy atom. The van der Waals surface area contributed by atoms with Gasteiger partial charge in [0.05, 0.1) is 6.61 Å². The lowest BCUT2D eigenvalue weighted by molar-refractivity contribution is -0.145. The molecule has 0 amide bonds. The minimum absolute atomic E-state index is 0.0839. The summed E-state index contributed by atoms with van der Waals surface area (Å²) in [5.41, 5.74) is 0. The van der Waals surface area contributed by atoms with E-state index in [0.717, 1.165) is 12.2 Å². The van der Waals surface area contributed by atoms with Gasteiger partial charge in [0.25, 0.3) is 0 Å². The molecule has 1 aliphatic rings. The van der Waals surface area contributed by atoms with E-state index < -0.39 is 0 Å². The number of hydrogen-bond donors (Lipinski definition) is 0. The van der Waals surface area contributed by atoms with Gasteiger partial charge >= 0.3 is 5.97 Å². The highest BCUT2D eigenvalue weighted by Crippen LogP contribution is 2.33. The van der Waals surface area contributed by atoms with Crippen molar-refractivity contribution in [1.29, 1.82) is 0 Å². The van der Waals surface area contributed by atoms with E-state index in [-0.39, 0.29) is 10.7 Å². The molecule has 0 radical (unpaired) electrons. The first-order chi connectivity index (χ1) is 5.69. The molecule has 12 heavy (non-hydrogen) atoms. The highest BCUT2D eigenvalue weighted by Gasteiger charge is 2.35. The summed E-state index contributed by atoms with van der Waals surface area (Å²) in [7, 11) is 0. The smallest absolute Gasteiger partial charge is 0.322 e. The fraction of sp³-hybridized carbons (Fsp3) is 0.667. The van der Waals surface area contributed by atoms with Crippen molar-refractivity contribution in [1.82, 2.24) is 0 Å². The van der Waals surface area contributed by atoms with Gasteiger partial charge in [-0.1, -0.05) is 12.2 Å². The number of carbonyl (C=O) groups excluding carboxylic acids is 1. The molecule has 0 aromatic carbocycles. The second-order valence-corrected chi connectivity index (χ2v) is 4.46. The SMILES string of the molecule is CCOC(=O)C1(C)CC=CCS1. The van der Waals surface area contributed by atoms with Crippen LogP contribution in [0.3, 0.4) is 0 Å². The molecular weight excluding hydrogens is 172 g/mol. The number of allylic oxidation sites excluding steroid dienone is 1. The number of ether oxygens (including phenoxy) is 1. The summed E-state index contributed by atoms with van der Waals surface area (Å²) in [5.74, 6) is 0.828. The molecule has 1 heterocycles. The fourth-order valence-electron chi connectivity index (χ4n) is 1.09. The normalized spacial score (nSPS) is 28.5. The molecule has 0 saturated carbocycles. The third-order valence-electron chi connectivity index (χ3n) is 1.88. The summed E-state index contributed by atoms with van der Waals surface area (Å²) in [4.78, 5) is 11.4. The average molecular weight is 186 g/mol. The van der Waals surface area contributed by atoms with Gasteiger partial charge in [-0.15, -0.1) is 11.8 Å². The molecule has 1 rings (SSSR count). The van der Waals surface area contributed by atoms with Crippen molar-refractivity contribution in [3.8, 4) is 0 Å². The van der Waals surface area contributed by atoms with Crippen LogP contribution >= 0.6 is 11.8 Å². The Bertz CT molecular complexity index is 201. The second-order valence-electron chi connectivity index (χ2n) is 2.94. The first-order valence-corrected chi connectivity index (χ1v) is 5.14. The van der Waals surface area contributed by atoms with Gasteiger partial charge in [0.2, 0.25) is 0 Å².